The maximum atomic E-state index is 13.1. The minimum Gasteiger partial charge on any atom is -0.480 e. The first-order valence-corrected chi connectivity index (χ1v) is 15.5. The highest BCUT2D eigenvalue weighted by Crippen LogP contribution is 2.42. The van der Waals surface area contributed by atoms with Crippen molar-refractivity contribution in [2.75, 3.05) is 19.0 Å². The van der Waals surface area contributed by atoms with Crippen LogP contribution in [0, 0.1) is 6.92 Å². The lowest BCUT2D eigenvalue weighted by Gasteiger charge is -2.16. The van der Waals surface area contributed by atoms with Crippen LogP contribution >= 0.6 is 23.2 Å². The maximum Gasteiger partial charge on any atom is 0.332 e. The van der Waals surface area contributed by atoms with Crippen molar-refractivity contribution in [1.29, 1.82) is 0 Å². The van der Waals surface area contributed by atoms with Crippen LogP contribution in [-0.4, -0.2) is 54.7 Å². The topological polar surface area (TPSA) is 158 Å². The molecule has 0 spiro atoms. The fourth-order valence-electron chi connectivity index (χ4n) is 5.57. The number of fused-ring (bicyclic) bond motifs is 1. The molecule has 1 unspecified atom stereocenters. The Morgan fingerprint density at radius 1 is 0.979 bits per heavy atom. The Hall–Kier alpha value is -4.85. The number of ether oxygens (including phenoxy) is 1. The molecular formula is C32H31Cl2N9O4. The van der Waals surface area contributed by atoms with Crippen LogP contribution in [0.5, 0.6) is 5.88 Å². The molecule has 3 aromatic heterocycles. The van der Waals surface area contributed by atoms with E-state index in [1.54, 1.807) is 32.3 Å². The number of methoxy groups -OCH3 is 1. The van der Waals surface area contributed by atoms with Crippen molar-refractivity contribution in [3.63, 3.8) is 0 Å². The molecule has 0 aliphatic carbocycles. The van der Waals surface area contributed by atoms with E-state index in [1.807, 2.05) is 24.3 Å². The van der Waals surface area contributed by atoms with Crippen LogP contribution < -0.4 is 31.9 Å². The van der Waals surface area contributed by atoms with Gasteiger partial charge in [-0.2, -0.15) is 0 Å². The molecule has 13 nitrogen and oxygen atoms in total. The van der Waals surface area contributed by atoms with E-state index in [1.165, 1.54) is 18.7 Å². The van der Waals surface area contributed by atoms with Crippen molar-refractivity contribution in [2.45, 2.75) is 32.4 Å². The zero-order valence-corrected chi connectivity index (χ0v) is 27.5. The summed E-state index contributed by atoms with van der Waals surface area (Å²) in [5, 5.41) is 10.3. The molecule has 3 N–H and O–H groups in total. The number of nitrogens with zero attached hydrogens (tertiary/aromatic N) is 6. The normalized spacial score (nSPS) is 14.4. The number of halogens is 2. The van der Waals surface area contributed by atoms with Crippen molar-refractivity contribution >= 4 is 51.6 Å². The minimum atomic E-state index is -0.533. The summed E-state index contributed by atoms with van der Waals surface area (Å²) in [4.78, 5) is 55.2. The number of aromatic nitrogens is 6. The summed E-state index contributed by atoms with van der Waals surface area (Å²) < 4.78 is 7.86. The van der Waals surface area contributed by atoms with Gasteiger partial charge in [-0.3, -0.25) is 23.7 Å². The fraction of sp³-hybridized carbons (Fsp3) is 0.281. The van der Waals surface area contributed by atoms with Gasteiger partial charge in [-0.15, -0.1) is 0 Å². The van der Waals surface area contributed by atoms with E-state index in [0.29, 0.717) is 75.0 Å². The van der Waals surface area contributed by atoms with E-state index in [2.05, 4.69) is 35.9 Å². The zero-order valence-electron chi connectivity index (χ0n) is 26.0. The lowest BCUT2D eigenvalue weighted by Crippen LogP contribution is -2.37. The van der Waals surface area contributed by atoms with Gasteiger partial charge in [-0.25, -0.2) is 19.7 Å². The summed E-state index contributed by atoms with van der Waals surface area (Å²) in [6.07, 6.45) is 2.97. The summed E-state index contributed by atoms with van der Waals surface area (Å²) in [7, 11) is 4.48. The molecule has 5 aromatic rings. The van der Waals surface area contributed by atoms with Crippen LogP contribution in [0.3, 0.4) is 0 Å². The standard InChI is InChI=1S/C32H31Cl2N9O4/c1-16-37-28(25-29(38-16)42(2)32(46)43(3)31(25)45)40-21-10-6-8-19(27(21)34)18-7-5-9-20(26(18)33)22-15-36-23(30(41-22)47-4)14-35-13-17-11-12-24(44)39-17/h5-10,15,17,35H,11-14H2,1-4H3,(H,39,44)(H,37,38,40). The van der Waals surface area contributed by atoms with E-state index in [9.17, 15) is 14.4 Å². The number of aryl methyl sites for hydroxylation is 2. The van der Waals surface area contributed by atoms with E-state index in [0.717, 1.165) is 11.0 Å². The van der Waals surface area contributed by atoms with Gasteiger partial charge < -0.3 is 20.7 Å². The molecule has 242 valence electrons. The molecule has 2 aromatic carbocycles. The van der Waals surface area contributed by atoms with Crippen molar-refractivity contribution in [3.05, 3.63) is 85.0 Å². The third kappa shape index (κ3) is 6.16. The number of carbonyl (C=O) groups is 1. The highest BCUT2D eigenvalue weighted by atomic mass is 35.5. The van der Waals surface area contributed by atoms with Crippen LogP contribution in [0.2, 0.25) is 10.0 Å². The van der Waals surface area contributed by atoms with Crippen LogP contribution in [-0.2, 0) is 25.4 Å². The van der Waals surface area contributed by atoms with Crippen LogP contribution in [0.25, 0.3) is 33.4 Å². The monoisotopic (exact) mass is 675 g/mol. The summed E-state index contributed by atoms with van der Waals surface area (Å²) >= 11 is 14.0. The first-order valence-electron chi connectivity index (χ1n) is 14.8. The van der Waals surface area contributed by atoms with Crippen LogP contribution in [0.1, 0.15) is 24.4 Å². The Kier molecular flexibility index (Phi) is 8.95. The Morgan fingerprint density at radius 2 is 1.70 bits per heavy atom. The van der Waals surface area contributed by atoms with Gasteiger partial charge in [0.1, 0.15) is 22.7 Å². The number of amides is 1. The zero-order chi connectivity index (χ0) is 33.4. The predicted octanol–water partition coefficient (Wildman–Crippen LogP) is 3.89. The van der Waals surface area contributed by atoms with E-state index >= 15 is 0 Å². The Balaban J connectivity index is 1.31. The predicted molar refractivity (Wildman–Crippen MR) is 180 cm³/mol. The largest absolute Gasteiger partial charge is 0.480 e. The fourth-order valence-corrected chi connectivity index (χ4v) is 6.17. The second-order valence-electron chi connectivity index (χ2n) is 11.1. The highest BCUT2D eigenvalue weighted by Gasteiger charge is 2.22. The summed E-state index contributed by atoms with van der Waals surface area (Å²) in [6.45, 7) is 2.70. The highest BCUT2D eigenvalue weighted by molar-refractivity contribution is 6.39. The number of rotatable bonds is 9. The smallest absolute Gasteiger partial charge is 0.332 e. The van der Waals surface area contributed by atoms with Gasteiger partial charge in [-0.1, -0.05) is 53.5 Å². The number of anilines is 2. The third-order valence-corrected chi connectivity index (χ3v) is 8.82. The average molecular weight is 677 g/mol. The van der Waals surface area contributed by atoms with Crippen molar-refractivity contribution in [1.82, 2.24) is 39.7 Å². The van der Waals surface area contributed by atoms with Gasteiger partial charge in [0.05, 0.1) is 34.7 Å². The van der Waals surface area contributed by atoms with Crippen LogP contribution in [0.15, 0.2) is 52.2 Å². The molecule has 1 atom stereocenters. The lowest BCUT2D eigenvalue weighted by molar-refractivity contribution is -0.119. The molecule has 47 heavy (non-hydrogen) atoms. The van der Waals surface area contributed by atoms with Crippen molar-refractivity contribution in [3.8, 4) is 28.3 Å². The van der Waals surface area contributed by atoms with E-state index in [4.69, 9.17) is 27.9 Å². The second kappa shape index (κ2) is 13.1. The molecule has 15 heteroatoms. The molecule has 4 heterocycles. The summed E-state index contributed by atoms with van der Waals surface area (Å²) in [5.74, 6) is 1.00. The molecule has 6 rings (SSSR count). The first-order chi connectivity index (χ1) is 22.6. The number of hydrogen-bond donors (Lipinski definition) is 3. The Labute approximate surface area is 279 Å². The SMILES string of the molecule is COc1nc(-c2cccc(-c3cccc(Nc4nc(C)nc5c4c(=O)n(C)c(=O)n5C)c3Cl)c2Cl)cnc1CNCC1CCC(=O)N1. The average Bonchev–Trinajstić information content (AvgIpc) is 3.48. The Morgan fingerprint density at radius 3 is 2.43 bits per heavy atom. The number of hydrogen-bond acceptors (Lipinski definition) is 10. The first kappa shape index (κ1) is 32.1. The van der Waals surface area contributed by atoms with Gasteiger partial charge >= 0.3 is 5.69 Å². The van der Waals surface area contributed by atoms with Crippen molar-refractivity contribution < 1.29 is 9.53 Å². The van der Waals surface area contributed by atoms with Gasteiger partial charge in [0.25, 0.3) is 5.56 Å². The summed E-state index contributed by atoms with van der Waals surface area (Å²) in [6, 6.07) is 11.0. The van der Waals surface area contributed by atoms with Gasteiger partial charge in [0.2, 0.25) is 11.8 Å². The molecular weight excluding hydrogens is 645 g/mol. The quantitative estimate of drug-likeness (QED) is 0.209. The molecule has 0 radical (unpaired) electrons. The Bertz CT molecular complexity index is 2170. The number of carbonyl (C=O) groups excluding carboxylic acids is 1. The number of benzene rings is 2. The van der Waals surface area contributed by atoms with E-state index < -0.39 is 11.2 Å². The minimum absolute atomic E-state index is 0.0672. The maximum absolute atomic E-state index is 13.1. The van der Waals surface area contributed by atoms with Crippen LogP contribution in [0.4, 0.5) is 11.5 Å². The number of nitrogens with one attached hydrogen (secondary N) is 3. The van der Waals surface area contributed by atoms with Gasteiger partial charge in [0, 0.05) is 56.3 Å². The molecule has 1 aliphatic rings. The van der Waals surface area contributed by atoms with Gasteiger partial charge in [0.15, 0.2) is 5.65 Å². The van der Waals surface area contributed by atoms with E-state index in [-0.39, 0.29) is 28.8 Å². The second-order valence-corrected chi connectivity index (χ2v) is 11.9. The van der Waals surface area contributed by atoms with Gasteiger partial charge in [-0.05, 0) is 19.4 Å². The molecule has 1 amide bonds. The third-order valence-electron chi connectivity index (χ3n) is 8.00. The molecule has 1 fully saturated rings. The molecule has 1 aliphatic heterocycles. The van der Waals surface area contributed by atoms with Crippen molar-refractivity contribution in [2.24, 2.45) is 14.1 Å². The molecule has 0 bridgehead atoms. The summed E-state index contributed by atoms with van der Waals surface area (Å²) in [5.41, 5.74) is 2.67. The molecule has 1 saturated heterocycles. The molecule has 0 saturated carbocycles. The lowest BCUT2D eigenvalue weighted by atomic mass is 10.0.